The van der Waals surface area contributed by atoms with Gasteiger partial charge in [-0.05, 0) is 36.4 Å². The van der Waals surface area contributed by atoms with Crippen LogP contribution in [-0.2, 0) is 6.54 Å². The van der Waals surface area contributed by atoms with Crippen molar-refractivity contribution >= 4 is 5.91 Å². The molecule has 1 aliphatic rings. The molecule has 0 unspecified atom stereocenters. The summed E-state index contributed by atoms with van der Waals surface area (Å²) in [5.41, 5.74) is 1.69. The van der Waals surface area contributed by atoms with Crippen LogP contribution >= 0.6 is 0 Å². The van der Waals surface area contributed by atoms with Gasteiger partial charge in [0, 0.05) is 56.7 Å². The normalized spacial score (nSPS) is 14.6. The molecule has 3 heterocycles. The Morgan fingerprint density at radius 1 is 0.893 bits per heavy atom. The van der Waals surface area contributed by atoms with Crippen molar-refractivity contribution in [2.24, 2.45) is 0 Å². The smallest absolute Gasteiger partial charge is 0.254 e. The molecule has 1 fully saturated rings. The Kier molecular flexibility index (Phi) is 5.58. The van der Waals surface area contributed by atoms with E-state index in [0.29, 0.717) is 30.3 Å². The molecular weight excluding hydrogens is 352 g/mol. The molecule has 0 bridgehead atoms. The first-order chi connectivity index (χ1) is 13.8. The Morgan fingerprint density at radius 3 is 2.39 bits per heavy atom. The van der Waals surface area contributed by atoms with Gasteiger partial charge in [0.25, 0.3) is 5.91 Å². The standard InChI is InChI=1S/C22H22N4O2/c27-22(18-6-5-8-20(16-18)28-21-9-2-4-11-24-21)26-14-12-25(13-15-26)17-19-7-1-3-10-23-19/h1-11,16H,12-15,17H2. The number of benzene rings is 1. The molecule has 1 aliphatic heterocycles. The molecule has 142 valence electrons. The number of piperazine rings is 1. The van der Waals surface area contributed by atoms with Crippen LogP contribution in [0.5, 0.6) is 11.6 Å². The Bertz CT molecular complexity index is 910. The van der Waals surface area contributed by atoms with E-state index in [2.05, 4.69) is 14.9 Å². The van der Waals surface area contributed by atoms with E-state index in [1.807, 2.05) is 59.6 Å². The van der Waals surface area contributed by atoms with Crippen molar-refractivity contribution in [1.29, 1.82) is 0 Å². The Labute approximate surface area is 164 Å². The van der Waals surface area contributed by atoms with Gasteiger partial charge in [0.1, 0.15) is 5.75 Å². The highest BCUT2D eigenvalue weighted by molar-refractivity contribution is 5.94. The van der Waals surface area contributed by atoms with Crippen LogP contribution in [-0.4, -0.2) is 51.9 Å². The lowest BCUT2D eigenvalue weighted by atomic mass is 10.1. The largest absolute Gasteiger partial charge is 0.439 e. The van der Waals surface area contributed by atoms with Gasteiger partial charge in [-0.25, -0.2) is 4.98 Å². The van der Waals surface area contributed by atoms with E-state index in [4.69, 9.17) is 4.74 Å². The second-order valence-electron chi connectivity index (χ2n) is 6.69. The molecule has 4 rings (SSSR count). The monoisotopic (exact) mass is 374 g/mol. The number of carbonyl (C=O) groups excluding carboxylic acids is 1. The lowest BCUT2D eigenvalue weighted by Gasteiger charge is -2.34. The number of ether oxygens (including phenoxy) is 1. The first kappa shape index (κ1) is 18.1. The predicted octanol–water partition coefficient (Wildman–Crippen LogP) is 3.23. The highest BCUT2D eigenvalue weighted by Gasteiger charge is 2.22. The van der Waals surface area contributed by atoms with Crippen LogP contribution in [0.3, 0.4) is 0 Å². The van der Waals surface area contributed by atoms with Gasteiger partial charge in [-0.2, -0.15) is 0 Å². The minimum absolute atomic E-state index is 0.0314. The second-order valence-corrected chi connectivity index (χ2v) is 6.69. The average molecular weight is 374 g/mol. The third kappa shape index (κ3) is 4.53. The number of nitrogens with zero attached hydrogens (tertiary/aromatic N) is 4. The number of hydrogen-bond acceptors (Lipinski definition) is 5. The van der Waals surface area contributed by atoms with Gasteiger partial charge in [0.05, 0.1) is 5.69 Å². The minimum atomic E-state index is 0.0314. The zero-order valence-electron chi connectivity index (χ0n) is 15.6. The van der Waals surface area contributed by atoms with Crippen LogP contribution in [0.2, 0.25) is 0 Å². The number of amides is 1. The van der Waals surface area contributed by atoms with E-state index < -0.39 is 0 Å². The zero-order chi connectivity index (χ0) is 19.2. The summed E-state index contributed by atoms with van der Waals surface area (Å²) in [6.45, 7) is 3.91. The van der Waals surface area contributed by atoms with E-state index >= 15 is 0 Å². The SMILES string of the molecule is O=C(c1cccc(Oc2ccccn2)c1)N1CCN(Cc2ccccn2)CC1. The van der Waals surface area contributed by atoms with Crippen LogP contribution in [0.15, 0.2) is 73.1 Å². The lowest BCUT2D eigenvalue weighted by molar-refractivity contribution is 0.0626. The predicted molar refractivity (Wildman–Crippen MR) is 106 cm³/mol. The lowest BCUT2D eigenvalue weighted by Crippen LogP contribution is -2.48. The molecule has 0 atom stereocenters. The summed E-state index contributed by atoms with van der Waals surface area (Å²) in [4.78, 5) is 25.6. The van der Waals surface area contributed by atoms with Crippen LogP contribution in [0.25, 0.3) is 0 Å². The summed E-state index contributed by atoms with van der Waals surface area (Å²) in [6.07, 6.45) is 3.49. The summed E-state index contributed by atoms with van der Waals surface area (Å²) in [5.74, 6) is 1.15. The molecule has 0 spiro atoms. The van der Waals surface area contributed by atoms with Crippen molar-refractivity contribution in [2.45, 2.75) is 6.54 Å². The summed E-state index contributed by atoms with van der Waals surface area (Å²) in [7, 11) is 0. The molecule has 6 nitrogen and oxygen atoms in total. The number of aromatic nitrogens is 2. The number of rotatable bonds is 5. The fourth-order valence-electron chi connectivity index (χ4n) is 3.23. The molecule has 0 aliphatic carbocycles. The fraction of sp³-hybridized carbons (Fsp3) is 0.227. The van der Waals surface area contributed by atoms with Crippen LogP contribution < -0.4 is 4.74 Å². The van der Waals surface area contributed by atoms with Crippen molar-refractivity contribution in [2.75, 3.05) is 26.2 Å². The topological polar surface area (TPSA) is 58.6 Å². The first-order valence-electron chi connectivity index (χ1n) is 9.38. The van der Waals surface area contributed by atoms with Crippen LogP contribution in [0.4, 0.5) is 0 Å². The van der Waals surface area contributed by atoms with Crippen molar-refractivity contribution in [3.63, 3.8) is 0 Å². The van der Waals surface area contributed by atoms with Crippen LogP contribution in [0.1, 0.15) is 16.1 Å². The van der Waals surface area contributed by atoms with Crippen molar-refractivity contribution < 1.29 is 9.53 Å². The number of hydrogen-bond donors (Lipinski definition) is 0. The van der Waals surface area contributed by atoms with Gasteiger partial charge >= 0.3 is 0 Å². The van der Waals surface area contributed by atoms with Crippen molar-refractivity contribution in [3.05, 3.63) is 84.3 Å². The molecule has 0 N–H and O–H groups in total. The molecule has 6 heteroatoms. The van der Waals surface area contributed by atoms with Gasteiger partial charge in [0.15, 0.2) is 0 Å². The van der Waals surface area contributed by atoms with Gasteiger partial charge in [-0.15, -0.1) is 0 Å². The third-order valence-corrected chi connectivity index (χ3v) is 4.71. The van der Waals surface area contributed by atoms with Gasteiger partial charge in [-0.3, -0.25) is 14.7 Å². The highest BCUT2D eigenvalue weighted by Crippen LogP contribution is 2.21. The molecule has 0 saturated carbocycles. The van der Waals surface area contributed by atoms with Crippen LogP contribution in [0, 0.1) is 0 Å². The molecule has 2 aromatic heterocycles. The average Bonchev–Trinajstić information content (AvgIpc) is 2.75. The van der Waals surface area contributed by atoms with E-state index in [0.717, 1.165) is 25.3 Å². The van der Waals surface area contributed by atoms with E-state index in [1.54, 1.807) is 18.3 Å². The molecular formula is C22H22N4O2. The zero-order valence-corrected chi connectivity index (χ0v) is 15.6. The van der Waals surface area contributed by atoms with E-state index in [1.165, 1.54) is 0 Å². The third-order valence-electron chi connectivity index (χ3n) is 4.71. The highest BCUT2D eigenvalue weighted by atomic mass is 16.5. The van der Waals surface area contributed by atoms with E-state index in [9.17, 15) is 4.79 Å². The van der Waals surface area contributed by atoms with Crippen molar-refractivity contribution in [1.82, 2.24) is 19.8 Å². The van der Waals surface area contributed by atoms with Gasteiger partial charge in [0.2, 0.25) is 5.88 Å². The molecule has 0 radical (unpaired) electrons. The van der Waals surface area contributed by atoms with Gasteiger partial charge in [-0.1, -0.05) is 18.2 Å². The summed E-state index contributed by atoms with van der Waals surface area (Å²) in [5, 5.41) is 0. The molecule has 1 aromatic carbocycles. The van der Waals surface area contributed by atoms with Gasteiger partial charge < -0.3 is 9.64 Å². The molecule has 1 saturated heterocycles. The quantitative estimate of drug-likeness (QED) is 0.686. The maximum Gasteiger partial charge on any atom is 0.254 e. The molecule has 1 amide bonds. The maximum atomic E-state index is 12.9. The first-order valence-corrected chi connectivity index (χ1v) is 9.38. The Hall–Kier alpha value is -3.25. The number of pyridine rings is 2. The fourth-order valence-corrected chi connectivity index (χ4v) is 3.23. The van der Waals surface area contributed by atoms with E-state index in [-0.39, 0.29) is 5.91 Å². The molecule has 3 aromatic rings. The van der Waals surface area contributed by atoms with Crippen molar-refractivity contribution in [3.8, 4) is 11.6 Å². The minimum Gasteiger partial charge on any atom is -0.439 e. The summed E-state index contributed by atoms with van der Waals surface area (Å²) < 4.78 is 5.74. The Morgan fingerprint density at radius 2 is 1.68 bits per heavy atom. The second kappa shape index (κ2) is 8.63. The molecule has 28 heavy (non-hydrogen) atoms. The Balaban J connectivity index is 1.35. The summed E-state index contributed by atoms with van der Waals surface area (Å²) in [6, 6.07) is 18.7. The summed E-state index contributed by atoms with van der Waals surface area (Å²) >= 11 is 0. The maximum absolute atomic E-state index is 12.9. The number of carbonyl (C=O) groups is 1.